The van der Waals surface area contributed by atoms with E-state index in [0.717, 1.165) is 19.5 Å². The fourth-order valence-electron chi connectivity index (χ4n) is 2.12. The zero-order valence-electron chi connectivity index (χ0n) is 12.8. The molecule has 110 valence electrons. The van der Waals surface area contributed by atoms with Crippen LogP contribution in [-0.4, -0.2) is 11.5 Å². The number of hydrogen-bond acceptors (Lipinski definition) is 4. The number of thiazole rings is 1. The Morgan fingerprint density at radius 1 is 1.30 bits per heavy atom. The zero-order valence-corrected chi connectivity index (χ0v) is 14.5. The maximum Gasteiger partial charge on any atom is 0.0983 e. The maximum absolute atomic E-state index is 4.92. The first-order valence-corrected chi connectivity index (χ1v) is 8.92. The van der Waals surface area contributed by atoms with Gasteiger partial charge in [0, 0.05) is 28.1 Å². The summed E-state index contributed by atoms with van der Waals surface area (Å²) in [6.07, 6.45) is 2.14. The minimum atomic E-state index is 0.118. The summed E-state index contributed by atoms with van der Waals surface area (Å²) < 4.78 is 0. The van der Waals surface area contributed by atoms with Gasteiger partial charge in [0.2, 0.25) is 0 Å². The minimum absolute atomic E-state index is 0.118. The lowest BCUT2D eigenvalue weighted by atomic mass is 9.91. The third-order valence-corrected chi connectivity index (χ3v) is 5.00. The topological polar surface area (TPSA) is 24.9 Å². The third-order valence-electron chi connectivity index (χ3n) is 3.07. The molecule has 0 aliphatic carbocycles. The summed E-state index contributed by atoms with van der Waals surface area (Å²) in [5, 5.41) is 6.89. The van der Waals surface area contributed by atoms with Gasteiger partial charge in [-0.3, -0.25) is 0 Å². The summed E-state index contributed by atoms with van der Waals surface area (Å²) in [7, 11) is 0. The van der Waals surface area contributed by atoms with Gasteiger partial charge in [-0.15, -0.1) is 22.7 Å². The van der Waals surface area contributed by atoms with E-state index in [4.69, 9.17) is 4.98 Å². The number of thiophene rings is 1. The fourth-order valence-corrected chi connectivity index (χ4v) is 4.19. The predicted molar refractivity (Wildman–Crippen MR) is 89.9 cm³/mol. The highest BCUT2D eigenvalue weighted by Gasteiger charge is 2.23. The van der Waals surface area contributed by atoms with Crippen molar-refractivity contribution in [2.75, 3.05) is 6.54 Å². The molecule has 2 aromatic rings. The van der Waals surface area contributed by atoms with Crippen LogP contribution in [0, 0.1) is 0 Å². The van der Waals surface area contributed by atoms with E-state index in [1.165, 1.54) is 26.9 Å². The standard InChI is InChI=1S/C16H24N2S2/c1-5-8-17-11-13-15(16(2,3)4)18-14(20-13)10-12-7-6-9-19-12/h6-7,9,17H,5,8,10-11H2,1-4H3. The molecule has 0 aromatic carbocycles. The van der Waals surface area contributed by atoms with E-state index >= 15 is 0 Å². The average Bonchev–Trinajstić information content (AvgIpc) is 2.99. The molecule has 0 saturated carbocycles. The monoisotopic (exact) mass is 308 g/mol. The van der Waals surface area contributed by atoms with E-state index in [-0.39, 0.29) is 5.41 Å². The molecule has 0 aliphatic heterocycles. The summed E-state index contributed by atoms with van der Waals surface area (Å²) in [4.78, 5) is 7.72. The number of rotatable bonds is 6. The largest absolute Gasteiger partial charge is 0.312 e. The first-order chi connectivity index (χ1) is 9.50. The van der Waals surface area contributed by atoms with Crippen molar-refractivity contribution >= 4 is 22.7 Å². The molecule has 20 heavy (non-hydrogen) atoms. The SMILES string of the molecule is CCCNCc1sc(Cc2cccs2)nc1C(C)(C)C. The molecule has 0 aliphatic rings. The fraction of sp³-hybridized carbons (Fsp3) is 0.562. The van der Waals surface area contributed by atoms with E-state index in [1.807, 2.05) is 22.7 Å². The van der Waals surface area contributed by atoms with Gasteiger partial charge in [0.05, 0.1) is 10.7 Å². The van der Waals surface area contributed by atoms with Crippen molar-refractivity contribution in [2.24, 2.45) is 0 Å². The highest BCUT2D eigenvalue weighted by molar-refractivity contribution is 7.12. The van der Waals surface area contributed by atoms with Gasteiger partial charge < -0.3 is 5.32 Å². The Hall–Kier alpha value is -0.710. The van der Waals surface area contributed by atoms with Crippen LogP contribution in [0.25, 0.3) is 0 Å². The van der Waals surface area contributed by atoms with E-state index in [1.54, 1.807) is 0 Å². The first kappa shape index (κ1) is 15.7. The Morgan fingerprint density at radius 3 is 2.70 bits per heavy atom. The molecule has 0 bridgehead atoms. The number of aromatic nitrogens is 1. The summed E-state index contributed by atoms with van der Waals surface area (Å²) in [6, 6.07) is 4.31. The smallest absolute Gasteiger partial charge is 0.0983 e. The molecule has 2 aromatic heterocycles. The lowest BCUT2D eigenvalue weighted by Gasteiger charge is -2.17. The molecule has 1 N–H and O–H groups in total. The molecule has 2 rings (SSSR count). The highest BCUT2D eigenvalue weighted by atomic mass is 32.1. The quantitative estimate of drug-likeness (QED) is 0.789. The Bertz CT molecular complexity index is 521. The number of nitrogens with zero attached hydrogens (tertiary/aromatic N) is 1. The van der Waals surface area contributed by atoms with Gasteiger partial charge in [-0.1, -0.05) is 33.8 Å². The molecule has 4 heteroatoms. The van der Waals surface area contributed by atoms with E-state index in [9.17, 15) is 0 Å². The van der Waals surface area contributed by atoms with Crippen molar-refractivity contribution in [1.82, 2.24) is 10.3 Å². The predicted octanol–water partition coefficient (Wildman–Crippen LogP) is 4.59. The van der Waals surface area contributed by atoms with E-state index in [2.05, 4.69) is 50.5 Å². The lowest BCUT2D eigenvalue weighted by molar-refractivity contribution is 0.557. The Kier molecular flexibility index (Phi) is 5.35. The van der Waals surface area contributed by atoms with Crippen molar-refractivity contribution < 1.29 is 0 Å². The number of nitrogens with one attached hydrogen (secondary N) is 1. The molecule has 0 radical (unpaired) electrons. The van der Waals surface area contributed by atoms with Crippen LogP contribution in [0.3, 0.4) is 0 Å². The second kappa shape index (κ2) is 6.83. The molecular formula is C16H24N2S2. The van der Waals surface area contributed by atoms with Crippen molar-refractivity contribution in [1.29, 1.82) is 0 Å². The summed E-state index contributed by atoms with van der Waals surface area (Å²) in [5.41, 5.74) is 1.38. The molecule has 0 spiro atoms. The molecule has 0 unspecified atom stereocenters. The van der Waals surface area contributed by atoms with Crippen LogP contribution in [0.5, 0.6) is 0 Å². The average molecular weight is 309 g/mol. The van der Waals surface area contributed by atoms with Crippen LogP contribution in [0.2, 0.25) is 0 Å². The van der Waals surface area contributed by atoms with Crippen LogP contribution >= 0.6 is 22.7 Å². The third kappa shape index (κ3) is 4.14. The van der Waals surface area contributed by atoms with Gasteiger partial charge in [0.25, 0.3) is 0 Å². The second-order valence-corrected chi connectivity index (χ2v) is 8.26. The molecule has 2 heterocycles. The van der Waals surface area contributed by atoms with Crippen molar-refractivity contribution in [3.05, 3.63) is 38.0 Å². The van der Waals surface area contributed by atoms with Gasteiger partial charge in [-0.05, 0) is 24.4 Å². The maximum atomic E-state index is 4.92. The lowest BCUT2D eigenvalue weighted by Crippen LogP contribution is -2.19. The van der Waals surface area contributed by atoms with Crippen LogP contribution < -0.4 is 5.32 Å². The van der Waals surface area contributed by atoms with E-state index < -0.39 is 0 Å². The molecule has 0 amide bonds. The molecule has 0 atom stereocenters. The van der Waals surface area contributed by atoms with Gasteiger partial charge in [-0.2, -0.15) is 0 Å². The minimum Gasteiger partial charge on any atom is -0.312 e. The first-order valence-electron chi connectivity index (χ1n) is 7.23. The second-order valence-electron chi connectivity index (χ2n) is 6.06. The molecular weight excluding hydrogens is 284 g/mol. The molecule has 0 saturated heterocycles. The highest BCUT2D eigenvalue weighted by Crippen LogP contribution is 2.31. The Balaban J connectivity index is 2.17. The summed E-state index contributed by atoms with van der Waals surface area (Å²) in [6.45, 7) is 11.0. The van der Waals surface area contributed by atoms with Crippen molar-refractivity contribution in [3.8, 4) is 0 Å². The van der Waals surface area contributed by atoms with Gasteiger partial charge in [0.15, 0.2) is 0 Å². The van der Waals surface area contributed by atoms with Crippen LogP contribution in [-0.2, 0) is 18.4 Å². The zero-order chi connectivity index (χ0) is 14.6. The normalized spacial score (nSPS) is 12.0. The molecule has 2 nitrogen and oxygen atoms in total. The van der Waals surface area contributed by atoms with Gasteiger partial charge >= 0.3 is 0 Å². The Labute approximate surface area is 130 Å². The van der Waals surface area contributed by atoms with Crippen molar-refractivity contribution in [3.63, 3.8) is 0 Å². The van der Waals surface area contributed by atoms with Crippen LogP contribution in [0.15, 0.2) is 17.5 Å². The van der Waals surface area contributed by atoms with Gasteiger partial charge in [0.1, 0.15) is 0 Å². The van der Waals surface area contributed by atoms with Crippen LogP contribution in [0.4, 0.5) is 0 Å². The van der Waals surface area contributed by atoms with Gasteiger partial charge in [-0.25, -0.2) is 4.98 Å². The number of hydrogen-bond donors (Lipinski definition) is 1. The summed E-state index contributed by atoms with van der Waals surface area (Å²) in [5.74, 6) is 0. The van der Waals surface area contributed by atoms with Crippen molar-refractivity contribution in [2.45, 2.75) is 52.5 Å². The van der Waals surface area contributed by atoms with Crippen LogP contribution in [0.1, 0.15) is 54.6 Å². The Morgan fingerprint density at radius 2 is 2.10 bits per heavy atom. The van der Waals surface area contributed by atoms with E-state index in [0.29, 0.717) is 0 Å². The summed E-state index contributed by atoms with van der Waals surface area (Å²) >= 11 is 3.68. The molecule has 0 fully saturated rings.